The van der Waals surface area contributed by atoms with Crippen molar-refractivity contribution in [2.24, 2.45) is 0 Å². The van der Waals surface area contributed by atoms with Gasteiger partial charge in [-0.05, 0) is 56.3 Å². The van der Waals surface area contributed by atoms with Gasteiger partial charge in [-0.25, -0.2) is 0 Å². The van der Waals surface area contributed by atoms with Gasteiger partial charge in [0, 0.05) is 29.4 Å². The number of morpholine rings is 1. The molecule has 0 saturated carbocycles. The Morgan fingerprint density at radius 2 is 1.83 bits per heavy atom. The van der Waals surface area contributed by atoms with Crippen molar-refractivity contribution in [2.75, 3.05) is 30.3 Å². The number of nitrogens with zero attached hydrogens (tertiary/aromatic N) is 2. The number of ether oxygens (including phenoxy) is 1. The van der Waals surface area contributed by atoms with Crippen molar-refractivity contribution in [3.8, 4) is 6.07 Å². The highest BCUT2D eigenvalue weighted by atomic mass is 35.5. The van der Waals surface area contributed by atoms with Crippen molar-refractivity contribution in [2.45, 2.75) is 26.1 Å². The van der Waals surface area contributed by atoms with Gasteiger partial charge in [0.05, 0.1) is 30.0 Å². The maximum absolute atomic E-state index is 12.7. The second-order valence-electron chi connectivity index (χ2n) is 7.25. The first-order valence-electron chi connectivity index (χ1n) is 9.64. The number of benzene rings is 2. The van der Waals surface area contributed by atoms with Gasteiger partial charge >= 0.3 is 0 Å². The summed E-state index contributed by atoms with van der Waals surface area (Å²) in [6.07, 6.45) is 0.0244. The fraction of sp³-hybridized carbons (Fsp3) is 0.318. The lowest BCUT2D eigenvalue weighted by molar-refractivity contribution is -0.114. The second kappa shape index (κ2) is 9.61. The summed E-state index contributed by atoms with van der Waals surface area (Å²) in [5, 5.41) is 15.2. The second-order valence-corrected chi connectivity index (χ2v) is 7.68. The number of amides is 2. The van der Waals surface area contributed by atoms with Crippen LogP contribution in [0.25, 0.3) is 0 Å². The Labute approximate surface area is 180 Å². The summed E-state index contributed by atoms with van der Waals surface area (Å²) in [7, 11) is 0. The number of rotatable bonds is 5. The average molecular weight is 427 g/mol. The lowest BCUT2D eigenvalue weighted by atomic mass is 10.1. The van der Waals surface area contributed by atoms with Crippen molar-refractivity contribution in [1.29, 1.82) is 5.26 Å². The average Bonchev–Trinajstić information content (AvgIpc) is 2.71. The van der Waals surface area contributed by atoms with Crippen molar-refractivity contribution in [1.82, 2.24) is 4.90 Å². The third-order valence-corrected chi connectivity index (χ3v) is 4.90. The Balaban J connectivity index is 1.56. The molecule has 1 aliphatic rings. The summed E-state index contributed by atoms with van der Waals surface area (Å²) < 4.78 is 5.67. The van der Waals surface area contributed by atoms with E-state index in [0.717, 1.165) is 0 Å². The van der Waals surface area contributed by atoms with Gasteiger partial charge in [0.2, 0.25) is 5.91 Å². The molecular weight excluding hydrogens is 404 g/mol. The molecule has 0 aliphatic carbocycles. The Morgan fingerprint density at radius 3 is 2.47 bits per heavy atom. The van der Waals surface area contributed by atoms with Crippen LogP contribution < -0.4 is 10.6 Å². The highest BCUT2D eigenvalue weighted by Crippen LogP contribution is 2.20. The molecule has 2 unspecified atom stereocenters. The molecule has 1 saturated heterocycles. The number of carbonyl (C=O) groups is 2. The number of carbonyl (C=O) groups excluding carboxylic acids is 2. The van der Waals surface area contributed by atoms with Gasteiger partial charge in [-0.15, -0.1) is 0 Å². The zero-order chi connectivity index (χ0) is 21.7. The molecule has 2 amide bonds. The molecule has 30 heavy (non-hydrogen) atoms. The zero-order valence-electron chi connectivity index (χ0n) is 16.8. The van der Waals surface area contributed by atoms with Crippen LogP contribution in [0.2, 0.25) is 5.02 Å². The summed E-state index contributed by atoms with van der Waals surface area (Å²) >= 11 is 5.93. The molecule has 1 heterocycles. The van der Waals surface area contributed by atoms with Crippen LogP contribution in [0, 0.1) is 11.3 Å². The maximum Gasteiger partial charge on any atom is 0.254 e. The van der Waals surface area contributed by atoms with Crippen LogP contribution in [-0.2, 0) is 9.53 Å². The Kier molecular flexibility index (Phi) is 6.93. The minimum absolute atomic E-state index is 0.00314. The summed E-state index contributed by atoms with van der Waals surface area (Å²) in [6, 6.07) is 13.7. The molecule has 0 spiro atoms. The first kappa shape index (κ1) is 21.6. The van der Waals surface area contributed by atoms with Gasteiger partial charge in [0.1, 0.15) is 6.07 Å². The fourth-order valence-corrected chi connectivity index (χ4v) is 3.52. The van der Waals surface area contributed by atoms with Gasteiger partial charge in [0.25, 0.3) is 5.91 Å². The topological polar surface area (TPSA) is 94.5 Å². The molecule has 0 aromatic heterocycles. The van der Waals surface area contributed by atoms with Crippen LogP contribution in [0.1, 0.15) is 29.8 Å². The largest absolute Gasteiger partial charge is 0.376 e. The monoisotopic (exact) mass is 426 g/mol. The van der Waals surface area contributed by atoms with E-state index in [4.69, 9.17) is 21.6 Å². The highest BCUT2D eigenvalue weighted by molar-refractivity contribution is 6.31. The summed E-state index contributed by atoms with van der Waals surface area (Å²) in [4.78, 5) is 26.7. The number of nitrogens with one attached hydrogen (secondary N) is 2. The van der Waals surface area contributed by atoms with E-state index >= 15 is 0 Å². The van der Waals surface area contributed by atoms with Crippen molar-refractivity contribution < 1.29 is 14.3 Å². The van der Waals surface area contributed by atoms with Crippen molar-refractivity contribution >= 4 is 34.8 Å². The molecule has 2 atom stereocenters. The first-order valence-corrected chi connectivity index (χ1v) is 10.0. The van der Waals surface area contributed by atoms with E-state index in [1.54, 1.807) is 41.3 Å². The van der Waals surface area contributed by atoms with Gasteiger partial charge in [-0.1, -0.05) is 11.6 Å². The third-order valence-electron chi connectivity index (χ3n) is 4.67. The smallest absolute Gasteiger partial charge is 0.254 e. The molecule has 2 aromatic carbocycles. The molecule has 7 nitrogen and oxygen atoms in total. The SMILES string of the molecule is CC1CN(C(=O)c2ccc(NCC(=O)Nc3cc(Cl)ccc3C#N)cc2)CC(C)O1. The minimum Gasteiger partial charge on any atom is -0.376 e. The lowest BCUT2D eigenvalue weighted by Crippen LogP contribution is -2.48. The molecule has 0 bridgehead atoms. The molecule has 8 heteroatoms. The molecule has 3 rings (SSSR count). The minimum atomic E-state index is -0.315. The van der Waals surface area contributed by atoms with Gasteiger partial charge in [-0.3, -0.25) is 9.59 Å². The van der Waals surface area contributed by atoms with Gasteiger partial charge in [0.15, 0.2) is 0 Å². The number of anilines is 2. The van der Waals surface area contributed by atoms with Crippen LogP contribution >= 0.6 is 11.6 Å². The maximum atomic E-state index is 12.7. The van der Waals surface area contributed by atoms with E-state index in [0.29, 0.717) is 40.6 Å². The van der Waals surface area contributed by atoms with Crippen LogP contribution in [-0.4, -0.2) is 48.6 Å². The Morgan fingerprint density at radius 1 is 1.17 bits per heavy atom. The molecule has 1 fully saturated rings. The molecular formula is C22H23ClN4O3. The Bertz CT molecular complexity index is 961. The molecule has 2 aromatic rings. The van der Waals surface area contributed by atoms with Gasteiger partial charge < -0.3 is 20.3 Å². The normalized spacial score (nSPS) is 18.4. The van der Waals surface area contributed by atoms with E-state index in [1.807, 2.05) is 19.9 Å². The van der Waals surface area contributed by atoms with Gasteiger partial charge in [-0.2, -0.15) is 5.26 Å². The van der Waals surface area contributed by atoms with E-state index in [9.17, 15) is 9.59 Å². The predicted molar refractivity (Wildman–Crippen MR) is 116 cm³/mol. The standard InChI is InChI=1S/C22H23ClN4O3/c1-14-12-27(13-15(2)30-14)22(29)16-4-7-19(8-5-16)25-11-21(28)26-20-9-18(23)6-3-17(20)10-24/h3-9,14-15,25H,11-13H2,1-2H3,(H,26,28). The van der Waals surface area contributed by atoms with E-state index in [-0.39, 0.29) is 30.6 Å². The van der Waals surface area contributed by atoms with E-state index in [1.165, 1.54) is 6.07 Å². The Hall–Kier alpha value is -3.08. The van der Waals surface area contributed by atoms with Crippen LogP contribution in [0.5, 0.6) is 0 Å². The van der Waals surface area contributed by atoms with E-state index < -0.39 is 0 Å². The van der Waals surface area contributed by atoms with Crippen molar-refractivity contribution in [3.63, 3.8) is 0 Å². The van der Waals surface area contributed by atoms with Crippen LogP contribution in [0.15, 0.2) is 42.5 Å². The van der Waals surface area contributed by atoms with E-state index in [2.05, 4.69) is 10.6 Å². The first-order chi connectivity index (χ1) is 14.4. The molecule has 0 radical (unpaired) electrons. The summed E-state index contributed by atoms with van der Waals surface area (Å²) in [6.45, 7) is 5.05. The highest BCUT2D eigenvalue weighted by Gasteiger charge is 2.26. The summed E-state index contributed by atoms with van der Waals surface area (Å²) in [5.74, 6) is -0.350. The molecule has 1 aliphatic heterocycles. The molecule has 2 N–H and O–H groups in total. The van der Waals surface area contributed by atoms with Crippen LogP contribution in [0.3, 0.4) is 0 Å². The lowest BCUT2D eigenvalue weighted by Gasteiger charge is -2.35. The third kappa shape index (κ3) is 5.50. The summed E-state index contributed by atoms with van der Waals surface area (Å²) in [5.41, 5.74) is 2.00. The number of nitriles is 1. The van der Waals surface area contributed by atoms with Crippen LogP contribution in [0.4, 0.5) is 11.4 Å². The quantitative estimate of drug-likeness (QED) is 0.762. The predicted octanol–water partition coefficient (Wildman–Crippen LogP) is 3.51. The van der Waals surface area contributed by atoms with Crippen molar-refractivity contribution in [3.05, 3.63) is 58.6 Å². The number of hydrogen-bond donors (Lipinski definition) is 2. The molecule has 156 valence electrons. The number of halogens is 1. The zero-order valence-corrected chi connectivity index (χ0v) is 17.6. The number of hydrogen-bond acceptors (Lipinski definition) is 5. The fourth-order valence-electron chi connectivity index (χ4n) is 3.35.